The van der Waals surface area contributed by atoms with Crippen LogP contribution in [0, 0.1) is 35.0 Å². The van der Waals surface area contributed by atoms with E-state index < -0.39 is 0 Å². The van der Waals surface area contributed by atoms with Crippen LogP contribution in [0.4, 0.5) is 0 Å². The van der Waals surface area contributed by atoms with Crippen LogP contribution in [-0.4, -0.2) is 0 Å². The lowest BCUT2D eigenvalue weighted by Crippen LogP contribution is -2.35. The van der Waals surface area contributed by atoms with Crippen molar-refractivity contribution in [1.82, 2.24) is 0 Å². The Hall–Kier alpha value is 0. The standard InChI is InChI=1S/C22H42.C2H6/c1-6-10-21-20(13-9-16-22(21,4)5)15-14-19-12-8-11-18(7-2)17(19)3;1-2/h17-21H,6-16H2,1-5H3;1-2H3. The van der Waals surface area contributed by atoms with Crippen LogP contribution in [0.15, 0.2) is 0 Å². The lowest BCUT2D eigenvalue weighted by molar-refractivity contribution is 0.0509. The van der Waals surface area contributed by atoms with Crippen LogP contribution in [0.25, 0.3) is 0 Å². The molecule has 0 spiro atoms. The maximum Gasteiger partial charge on any atom is -0.0323 e. The zero-order valence-corrected chi connectivity index (χ0v) is 18.2. The van der Waals surface area contributed by atoms with E-state index >= 15 is 0 Å². The topological polar surface area (TPSA) is 0 Å². The second-order valence-corrected chi connectivity index (χ2v) is 9.33. The molecule has 2 fully saturated rings. The Balaban J connectivity index is 0.00000139. The minimum Gasteiger partial charge on any atom is -0.0683 e. The molecule has 0 amide bonds. The molecule has 0 nitrogen and oxygen atoms in total. The van der Waals surface area contributed by atoms with Crippen molar-refractivity contribution in [1.29, 1.82) is 0 Å². The summed E-state index contributed by atoms with van der Waals surface area (Å²) in [4.78, 5) is 0. The van der Waals surface area contributed by atoms with Crippen LogP contribution < -0.4 is 0 Å². The van der Waals surface area contributed by atoms with Crippen molar-refractivity contribution in [2.24, 2.45) is 35.0 Å². The van der Waals surface area contributed by atoms with Gasteiger partial charge in [-0.05, 0) is 60.7 Å². The van der Waals surface area contributed by atoms with Gasteiger partial charge in [0.2, 0.25) is 0 Å². The summed E-state index contributed by atoms with van der Waals surface area (Å²) >= 11 is 0. The van der Waals surface area contributed by atoms with E-state index in [-0.39, 0.29) is 0 Å². The minimum atomic E-state index is 0.600. The van der Waals surface area contributed by atoms with Crippen molar-refractivity contribution in [2.75, 3.05) is 0 Å². The molecule has 0 heterocycles. The Morgan fingerprint density at radius 2 is 1.38 bits per heavy atom. The highest BCUT2D eigenvalue weighted by Crippen LogP contribution is 2.49. The van der Waals surface area contributed by atoms with Gasteiger partial charge in [0.1, 0.15) is 0 Å². The van der Waals surface area contributed by atoms with E-state index in [2.05, 4.69) is 34.6 Å². The van der Waals surface area contributed by atoms with Gasteiger partial charge in [-0.25, -0.2) is 0 Å². The lowest BCUT2D eigenvalue weighted by atomic mass is 9.60. The second kappa shape index (κ2) is 10.9. The van der Waals surface area contributed by atoms with Crippen LogP contribution in [0.1, 0.15) is 119 Å². The summed E-state index contributed by atoms with van der Waals surface area (Å²) in [6.45, 7) is 16.5. The van der Waals surface area contributed by atoms with Crippen molar-refractivity contribution >= 4 is 0 Å². The SMILES string of the molecule is CC.CCCC1C(CCC2CCCC(CC)C2C)CCCC1(C)C. The predicted octanol–water partition coefficient (Wildman–Crippen LogP) is 8.50. The molecule has 0 aromatic carbocycles. The highest BCUT2D eigenvalue weighted by atomic mass is 14.4. The Kier molecular flexibility index (Phi) is 9.98. The summed E-state index contributed by atoms with van der Waals surface area (Å²) in [5.74, 6) is 5.06. The summed E-state index contributed by atoms with van der Waals surface area (Å²) < 4.78 is 0. The Bertz CT molecular complexity index is 316. The van der Waals surface area contributed by atoms with Crippen LogP contribution >= 0.6 is 0 Å². The van der Waals surface area contributed by atoms with Crippen molar-refractivity contribution < 1.29 is 0 Å². The molecule has 0 heteroatoms. The molecule has 2 aliphatic carbocycles. The molecule has 0 bridgehead atoms. The van der Waals surface area contributed by atoms with Crippen molar-refractivity contribution in [3.63, 3.8) is 0 Å². The molecule has 0 saturated heterocycles. The van der Waals surface area contributed by atoms with E-state index in [1.807, 2.05) is 13.8 Å². The van der Waals surface area contributed by atoms with Crippen LogP contribution in [0.5, 0.6) is 0 Å². The number of hydrogen-bond donors (Lipinski definition) is 0. The molecule has 0 N–H and O–H groups in total. The van der Waals surface area contributed by atoms with Gasteiger partial charge in [0.15, 0.2) is 0 Å². The summed E-state index contributed by atoms with van der Waals surface area (Å²) in [5.41, 5.74) is 0.600. The molecular weight excluding hydrogens is 288 g/mol. The summed E-state index contributed by atoms with van der Waals surface area (Å²) in [6, 6.07) is 0. The molecular formula is C24H48. The normalized spacial score (nSPS) is 35.9. The first kappa shape index (κ1) is 22.0. The fourth-order valence-electron chi connectivity index (χ4n) is 6.09. The highest BCUT2D eigenvalue weighted by molar-refractivity contribution is 4.89. The fraction of sp³-hybridized carbons (Fsp3) is 1.00. The third-order valence-electron chi connectivity index (χ3n) is 7.64. The second-order valence-electron chi connectivity index (χ2n) is 9.33. The molecule has 0 radical (unpaired) electrons. The molecule has 2 rings (SSSR count). The zero-order valence-electron chi connectivity index (χ0n) is 18.2. The Morgan fingerprint density at radius 3 is 2.00 bits per heavy atom. The van der Waals surface area contributed by atoms with Gasteiger partial charge in [-0.1, -0.05) is 93.4 Å². The molecule has 0 aromatic heterocycles. The van der Waals surface area contributed by atoms with E-state index in [0.717, 1.165) is 29.6 Å². The number of rotatable bonds is 6. The molecule has 2 saturated carbocycles. The Labute approximate surface area is 154 Å². The van der Waals surface area contributed by atoms with Crippen LogP contribution in [-0.2, 0) is 0 Å². The first-order valence-corrected chi connectivity index (χ1v) is 11.5. The fourth-order valence-corrected chi connectivity index (χ4v) is 6.09. The lowest BCUT2D eigenvalue weighted by Gasteiger charge is -2.45. The zero-order chi connectivity index (χ0) is 18.2. The Morgan fingerprint density at radius 1 is 0.792 bits per heavy atom. The van der Waals surface area contributed by atoms with Crippen molar-refractivity contribution in [2.45, 2.75) is 119 Å². The van der Waals surface area contributed by atoms with Gasteiger partial charge in [-0.3, -0.25) is 0 Å². The minimum absolute atomic E-state index is 0.600. The quantitative estimate of drug-likeness (QED) is 0.456. The summed E-state index contributed by atoms with van der Waals surface area (Å²) in [6.07, 6.45) is 16.3. The summed E-state index contributed by atoms with van der Waals surface area (Å²) in [5, 5.41) is 0. The van der Waals surface area contributed by atoms with E-state index in [0.29, 0.717) is 5.41 Å². The van der Waals surface area contributed by atoms with Gasteiger partial charge < -0.3 is 0 Å². The van der Waals surface area contributed by atoms with E-state index in [1.54, 1.807) is 0 Å². The van der Waals surface area contributed by atoms with Crippen molar-refractivity contribution in [3.05, 3.63) is 0 Å². The molecule has 2 aliphatic rings. The van der Waals surface area contributed by atoms with E-state index in [9.17, 15) is 0 Å². The first-order valence-electron chi connectivity index (χ1n) is 11.5. The maximum absolute atomic E-state index is 2.56. The summed E-state index contributed by atoms with van der Waals surface area (Å²) in [7, 11) is 0. The van der Waals surface area contributed by atoms with Gasteiger partial charge >= 0.3 is 0 Å². The number of hydrogen-bond acceptors (Lipinski definition) is 0. The van der Waals surface area contributed by atoms with Crippen LogP contribution in [0.2, 0.25) is 0 Å². The predicted molar refractivity (Wildman–Crippen MR) is 110 cm³/mol. The average Bonchev–Trinajstić information content (AvgIpc) is 2.58. The largest absolute Gasteiger partial charge is 0.0683 e. The molecule has 5 unspecified atom stereocenters. The monoisotopic (exact) mass is 336 g/mol. The van der Waals surface area contributed by atoms with Crippen LogP contribution in [0.3, 0.4) is 0 Å². The van der Waals surface area contributed by atoms with Gasteiger partial charge in [0.25, 0.3) is 0 Å². The molecule has 0 aromatic rings. The highest BCUT2D eigenvalue weighted by Gasteiger charge is 2.38. The molecule has 5 atom stereocenters. The first-order chi connectivity index (χ1) is 11.5. The smallest absolute Gasteiger partial charge is 0.0323 e. The molecule has 24 heavy (non-hydrogen) atoms. The van der Waals surface area contributed by atoms with E-state index in [1.165, 1.54) is 70.6 Å². The molecule has 0 aliphatic heterocycles. The van der Waals surface area contributed by atoms with Gasteiger partial charge in [0, 0.05) is 0 Å². The maximum atomic E-state index is 2.56. The van der Waals surface area contributed by atoms with Gasteiger partial charge in [-0.2, -0.15) is 0 Å². The van der Waals surface area contributed by atoms with E-state index in [4.69, 9.17) is 0 Å². The third-order valence-corrected chi connectivity index (χ3v) is 7.64. The third kappa shape index (κ3) is 5.77. The van der Waals surface area contributed by atoms with Gasteiger partial charge in [-0.15, -0.1) is 0 Å². The average molecular weight is 337 g/mol. The van der Waals surface area contributed by atoms with Gasteiger partial charge in [0.05, 0.1) is 0 Å². The van der Waals surface area contributed by atoms with Crippen molar-refractivity contribution in [3.8, 4) is 0 Å². The molecule has 144 valence electrons.